The lowest BCUT2D eigenvalue weighted by Gasteiger charge is -2.20. The fourth-order valence-electron chi connectivity index (χ4n) is 2.60. The topological polar surface area (TPSA) is 127 Å². The van der Waals surface area contributed by atoms with Crippen molar-refractivity contribution >= 4 is 45.7 Å². The molecule has 0 radical (unpaired) electrons. The van der Waals surface area contributed by atoms with Crippen LogP contribution in [0.5, 0.6) is 0 Å². The molecule has 1 aliphatic rings. The molecule has 3 N–H and O–H groups in total. The van der Waals surface area contributed by atoms with Gasteiger partial charge in [0.25, 0.3) is 5.91 Å². The average molecular weight is 405 g/mol. The Bertz CT molecular complexity index is 972. The highest BCUT2D eigenvalue weighted by atomic mass is 32.1. The third kappa shape index (κ3) is 3.83. The predicted molar refractivity (Wildman–Crippen MR) is 101 cm³/mol. The molecule has 28 heavy (non-hydrogen) atoms. The van der Waals surface area contributed by atoms with Crippen molar-refractivity contribution in [1.29, 1.82) is 0 Å². The van der Waals surface area contributed by atoms with Crippen molar-refractivity contribution in [3.8, 4) is 0 Å². The highest BCUT2D eigenvalue weighted by molar-refractivity contribution is 7.17. The molecule has 146 valence electrons. The number of methoxy groups -OCH3 is 1. The van der Waals surface area contributed by atoms with Crippen LogP contribution in [0.3, 0.4) is 0 Å². The van der Waals surface area contributed by atoms with E-state index < -0.39 is 29.6 Å². The van der Waals surface area contributed by atoms with Crippen LogP contribution >= 0.6 is 11.3 Å². The number of aromatic nitrogens is 1. The molecule has 1 aromatic carbocycles. The van der Waals surface area contributed by atoms with E-state index in [2.05, 4.69) is 20.1 Å². The number of carbonyl (C=O) groups is 3. The van der Waals surface area contributed by atoms with Crippen molar-refractivity contribution in [2.24, 2.45) is 10.8 Å². The number of ether oxygens (including phenoxy) is 1. The SMILES string of the molecule is COC(=O)c1sc(NC(=O)C2=NN(c3ccc(F)cc3)C(C(N)=O)C2)nc1C. The number of hydrogen-bond acceptors (Lipinski definition) is 8. The summed E-state index contributed by atoms with van der Waals surface area (Å²) in [5.41, 5.74) is 6.32. The van der Waals surface area contributed by atoms with Crippen molar-refractivity contribution < 1.29 is 23.5 Å². The Kier molecular flexibility index (Phi) is 5.36. The maximum absolute atomic E-state index is 13.1. The monoisotopic (exact) mass is 405 g/mol. The fraction of sp³-hybridized carbons (Fsp3) is 0.235. The maximum atomic E-state index is 13.1. The summed E-state index contributed by atoms with van der Waals surface area (Å²) >= 11 is 0.966. The quantitative estimate of drug-likeness (QED) is 0.725. The predicted octanol–water partition coefficient (Wildman–Crippen LogP) is 1.44. The van der Waals surface area contributed by atoms with E-state index in [9.17, 15) is 18.8 Å². The van der Waals surface area contributed by atoms with Crippen molar-refractivity contribution in [2.75, 3.05) is 17.4 Å². The van der Waals surface area contributed by atoms with Gasteiger partial charge in [0.15, 0.2) is 5.13 Å². The number of amides is 2. The Morgan fingerprint density at radius 1 is 1.32 bits per heavy atom. The van der Waals surface area contributed by atoms with E-state index in [-0.39, 0.29) is 22.1 Å². The average Bonchev–Trinajstić information content (AvgIpc) is 3.26. The lowest BCUT2D eigenvalue weighted by molar-refractivity contribution is -0.119. The van der Waals surface area contributed by atoms with Gasteiger partial charge in [-0.05, 0) is 31.2 Å². The minimum atomic E-state index is -0.880. The summed E-state index contributed by atoms with van der Waals surface area (Å²) in [6.07, 6.45) is -0.0211. The molecule has 9 nitrogen and oxygen atoms in total. The number of nitrogens with one attached hydrogen (secondary N) is 1. The van der Waals surface area contributed by atoms with Crippen LogP contribution in [-0.4, -0.2) is 41.6 Å². The zero-order chi connectivity index (χ0) is 20.4. The molecule has 1 aliphatic heterocycles. The van der Waals surface area contributed by atoms with E-state index in [1.807, 2.05) is 0 Å². The Morgan fingerprint density at radius 2 is 2.00 bits per heavy atom. The molecular formula is C17H16FN5O4S. The highest BCUT2D eigenvalue weighted by Crippen LogP contribution is 2.27. The van der Waals surface area contributed by atoms with E-state index in [0.717, 1.165) is 11.3 Å². The van der Waals surface area contributed by atoms with Gasteiger partial charge < -0.3 is 10.5 Å². The Labute approximate surface area is 163 Å². The van der Waals surface area contributed by atoms with Gasteiger partial charge in [0.05, 0.1) is 18.5 Å². The van der Waals surface area contributed by atoms with Crippen molar-refractivity contribution in [3.63, 3.8) is 0 Å². The van der Waals surface area contributed by atoms with Crippen LogP contribution in [-0.2, 0) is 14.3 Å². The summed E-state index contributed by atoms with van der Waals surface area (Å²) in [4.78, 5) is 40.4. The molecule has 1 unspecified atom stereocenters. The minimum Gasteiger partial charge on any atom is -0.465 e. The highest BCUT2D eigenvalue weighted by Gasteiger charge is 2.35. The van der Waals surface area contributed by atoms with Gasteiger partial charge in [0, 0.05) is 6.42 Å². The third-order valence-electron chi connectivity index (χ3n) is 3.98. The van der Waals surface area contributed by atoms with Gasteiger partial charge in [-0.25, -0.2) is 14.2 Å². The molecule has 2 heterocycles. The lowest BCUT2D eigenvalue weighted by Crippen LogP contribution is -2.39. The van der Waals surface area contributed by atoms with Crippen LogP contribution in [0.15, 0.2) is 29.4 Å². The first-order valence-electron chi connectivity index (χ1n) is 8.09. The number of esters is 1. The second-order valence-corrected chi connectivity index (χ2v) is 6.87. The number of carbonyl (C=O) groups excluding carboxylic acids is 3. The maximum Gasteiger partial charge on any atom is 0.350 e. The van der Waals surface area contributed by atoms with E-state index in [0.29, 0.717) is 11.4 Å². The number of nitrogens with zero attached hydrogens (tertiary/aromatic N) is 3. The van der Waals surface area contributed by atoms with Gasteiger partial charge in [0.2, 0.25) is 5.91 Å². The summed E-state index contributed by atoms with van der Waals surface area (Å²) < 4.78 is 17.8. The largest absolute Gasteiger partial charge is 0.465 e. The van der Waals surface area contributed by atoms with Crippen molar-refractivity contribution in [2.45, 2.75) is 19.4 Å². The van der Waals surface area contributed by atoms with E-state index in [1.54, 1.807) is 6.92 Å². The number of benzene rings is 1. The van der Waals surface area contributed by atoms with E-state index in [4.69, 9.17) is 5.73 Å². The van der Waals surface area contributed by atoms with E-state index >= 15 is 0 Å². The molecule has 2 amide bonds. The number of hydrogen-bond donors (Lipinski definition) is 2. The molecule has 0 saturated heterocycles. The van der Waals surface area contributed by atoms with Gasteiger partial charge in [-0.2, -0.15) is 5.10 Å². The molecule has 0 saturated carbocycles. The summed E-state index contributed by atoms with van der Waals surface area (Å²) in [5, 5.41) is 8.20. The molecular weight excluding hydrogens is 389 g/mol. The second kappa shape index (κ2) is 7.72. The molecule has 0 aliphatic carbocycles. The Hall–Kier alpha value is -3.34. The number of aryl methyl sites for hydroxylation is 1. The smallest absolute Gasteiger partial charge is 0.350 e. The number of primary amides is 1. The lowest BCUT2D eigenvalue weighted by atomic mass is 10.1. The first-order chi connectivity index (χ1) is 13.3. The summed E-state index contributed by atoms with van der Waals surface area (Å²) in [6, 6.07) is 4.42. The number of halogens is 1. The molecule has 1 aromatic heterocycles. The van der Waals surface area contributed by atoms with Crippen LogP contribution in [0.25, 0.3) is 0 Å². The zero-order valence-corrected chi connectivity index (χ0v) is 15.7. The van der Waals surface area contributed by atoms with Crippen LogP contribution in [0.4, 0.5) is 15.2 Å². The van der Waals surface area contributed by atoms with Crippen LogP contribution in [0.2, 0.25) is 0 Å². The summed E-state index contributed by atoms with van der Waals surface area (Å²) in [5.74, 6) is -2.25. The Balaban J connectivity index is 1.81. The molecule has 11 heteroatoms. The van der Waals surface area contributed by atoms with Gasteiger partial charge in [-0.15, -0.1) is 0 Å². The Morgan fingerprint density at radius 3 is 2.61 bits per heavy atom. The number of thiazole rings is 1. The standard InChI is InChI=1S/C17H16FN5O4S/c1-8-13(16(26)27-2)28-17(20-8)21-15(25)11-7-12(14(19)24)23(22-11)10-5-3-9(18)4-6-10/h3-6,12H,7H2,1-2H3,(H2,19,24)(H,20,21,25). The molecule has 1 atom stereocenters. The molecule has 0 fully saturated rings. The molecule has 0 bridgehead atoms. The fourth-order valence-corrected chi connectivity index (χ4v) is 3.48. The second-order valence-electron chi connectivity index (χ2n) is 5.87. The number of anilines is 2. The minimum absolute atomic E-state index is 0.0211. The summed E-state index contributed by atoms with van der Waals surface area (Å²) in [6.45, 7) is 1.62. The number of rotatable bonds is 5. The first kappa shape index (κ1) is 19.4. The van der Waals surface area contributed by atoms with Gasteiger partial charge >= 0.3 is 5.97 Å². The van der Waals surface area contributed by atoms with Crippen molar-refractivity contribution in [1.82, 2.24) is 4.98 Å². The zero-order valence-electron chi connectivity index (χ0n) is 14.9. The number of hydrazone groups is 1. The number of nitrogens with two attached hydrogens (primary N) is 1. The third-order valence-corrected chi connectivity index (χ3v) is 5.03. The molecule has 0 spiro atoms. The van der Waals surface area contributed by atoms with Crippen LogP contribution in [0.1, 0.15) is 21.8 Å². The molecule has 2 aromatic rings. The van der Waals surface area contributed by atoms with Crippen LogP contribution in [0, 0.1) is 12.7 Å². The van der Waals surface area contributed by atoms with Gasteiger partial charge in [0.1, 0.15) is 22.4 Å². The van der Waals surface area contributed by atoms with E-state index in [1.165, 1.54) is 36.4 Å². The van der Waals surface area contributed by atoms with Gasteiger partial charge in [-0.1, -0.05) is 11.3 Å². The molecule has 3 rings (SSSR count). The normalized spacial score (nSPS) is 15.9. The van der Waals surface area contributed by atoms with Gasteiger partial charge in [-0.3, -0.25) is 19.9 Å². The summed E-state index contributed by atoms with van der Waals surface area (Å²) in [7, 11) is 1.25. The first-order valence-corrected chi connectivity index (χ1v) is 8.90. The van der Waals surface area contributed by atoms with Crippen LogP contribution < -0.4 is 16.1 Å². The van der Waals surface area contributed by atoms with Crippen molar-refractivity contribution in [3.05, 3.63) is 40.7 Å².